The number of imidazole rings is 2. The van der Waals surface area contributed by atoms with Crippen molar-refractivity contribution in [3.63, 3.8) is 0 Å². The van der Waals surface area contributed by atoms with Crippen molar-refractivity contribution < 1.29 is 17.2 Å². The number of benzene rings is 2. The number of sulfonamides is 1. The molecule has 4 aromatic heterocycles. The Morgan fingerprint density at radius 1 is 0.787 bits per heavy atom. The summed E-state index contributed by atoms with van der Waals surface area (Å²) >= 11 is 5.90. The molecule has 0 spiro atoms. The van der Waals surface area contributed by atoms with Crippen LogP contribution in [-0.4, -0.2) is 53.7 Å². The number of fused-ring (bicyclic) bond motifs is 2. The molecule has 2 fully saturated rings. The maximum absolute atomic E-state index is 13.7. The van der Waals surface area contributed by atoms with Gasteiger partial charge in [-0.3, -0.25) is 4.72 Å². The zero-order chi connectivity index (χ0) is 31.3. The van der Waals surface area contributed by atoms with Crippen molar-refractivity contribution in [3.05, 3.63) is 77.7 Å². The van der Waals surface area contributed by atoms with Gasteiger partial charge < -0.3 is 9.13 Å². The molecule has 8 rings (SSSR count). The van der Waals surface area contributed by atoms with Gasteiger partial charge in [0.05, 0.1) is 40.2 Å². The first-order valence-electron chi connectivity index (χ1n) is 14.4. The first-order chi connectivity index (χ1) is 21.7. The van der Waals surface area contributed by atoms with Crippen molar-refractivity contribution in [2.75, 3.05) is 10.5 Å². The zero-order valence-corrected chi connectivity index (χ0v) is 25.5. The third-order valence-corrected chi connectivity index (χ3v) is 9.03. The summed E-state index contributed by atoms with van der Waals surface area (Å²) < 4.78 is 57.1. The zero-order valence-electron chi connectivity index (χ0n) is 23.9. The topological polar surface area (TPSA) is 133 Å². The van der Waals surface area contributed by atoms with Crippen molar-refractivity contribution in [3.8, 4) is 22.8 Å². The number of anilines is 1. The molecule has 0 unspecified atom stereocenters. The Hall–Kier alpha value is -4.56. The maximum Gasteiger partial charge on any atom is 0.233 e. The SMILES string of the molecule is C.C.CCS(=O)(=O)Nc1cc(-c2nc3ccc(F)cc3n2C2CC2)cnn1.Fc1ccc2nc(-c3cnnc(Cl)c3)n(C3CC3)c2c1. The van der Waals surface area contributed by atoms with Crippen molar-refractivity contribution >= 4 is 49.5 Å². The molecule has 0 radical (unpaired) electrons. The third-order valence-electron chi connectivity index (χ3n) is 7.56. The fraction of sp³-hybridized carbons (Fsp3) is 0.312. The van der Waals surface area contributed by atoms with Crippen LogP contribution >= 0.6 is 11.6 Å². The number of aromatic nitrogens is 8. The minimum Gasteiger partial charge on any atom is -0.321 e. The third kappa shape index (κ3) is 7.08. The molecule has 2 aromatic carbocycles. The van der Waals surface area contributed by atoms with Crippen LogP contribution in [0.5, 0.6) is 0 Å². The predicted molar refractivity (Wildman–Crippen MR) is 180 cm³/mol. The summed E-state index contributed by atoms with van der Waals surface area (Å²) in [4.78, 5) is 9.19. The van der Waals surface area contributed by atoms with E-state index in [1.165, 1.54) is 30.5 Å². The summed E-state index contributed by atoms with van der Waals surface area (Å²) in [6.07, 6.45) is 7.33. The van der Waals surface area contributed by atoms with E-state index >= 15 is 0 Å². The Labute approximate surface area is 276 Å². The van der Waals surface area contributed by atoms with Crippen molar-refractivity contribution in [1.82, 2.24) is 39.5 Å². The highest BCUT2D eigenvalue weighted by Gasteiger charge is 2.30. The molecule has 4 heterocycles. The fourth-order valence-electron chi connectivity index (χ4n) is 5.18. The Balaban J connectivity index is 0.000000181. The number of hydrogen-bond acceptors (Lipinski definition) is 8. The summed E-state index contributed by atoms with van der Waals surface area (Å²) in [5, 5.41) is 15.6. The monoisotopic (exact) mass is 681 g/mol. The van der Waals surface area contributed by atoms with Gasteiger partial charge in [0.15, 0.2) is 11.0 Å². The second-order valence-electron chi connectivity index (χ2n) is 10.9. The Kier molecular flexibility index (Phi) is 9.55. The normalized spacial score (nSPS) is 14.2. The van der Waals surface area contributed by atoms with Crippen LogP contribution in [0, 0.1) is 11.6 Å². The van der Waals surface area contributed by atoms with E-state index in [1.807, 2.05) is 4.57 Å². The van der Waals surface area contributed by atoms with E-state index in [1.54, 1.807) is 37.4 Å². The molecule has 47 heavy (non-hydrogen) atoms. The van der Waals surface area contributed by atoms with E-state index in [-0.39, 0.29) is 44.1 Å². The van der Waals surface area contributed by atoms with Crippen LogP contribution in [0.2, 0.25) is 5.15 Å². The lowest BCUT2D eigenvalue weighted by Crippen LogP contribution is -2.16. The van der Waals surface area contributed by atoms with Crippen LogP contribution in [0.4, 0.5) is 14.6 Å². The molecule has 15 heteroatoms. The summed E-state index contributed by atoms with van der Waals surface area (Å²) in [5.41, 5.74) is 4.44. The first kappa shape index (κ1) is 33.8. The van der Waals surface area contributed by atoms with Crippen LogP contribution < -0.4 is 4.72 Å². The Morgan fingerprint density at radius 2 is 1.28 bits per heavy atom. The molecule has 0 aliphatic heterocycles. The lowest BCUT2D eigenvalue weighted by molar-refractivity contribution is 0.602. The van der Waals surface area contributed by atoms with Crippen LogP contribution in [0.3, 0.4) is 0 Å². The second kappa shape index (κ2) is 13.3. The smallest absolute Gasteiger partial charge is 0.233 e. The molecule has 6 aromatic rings. The quantitative estimate of drug-likeness (QED) is 0.182. The predicted octanol–water partition coefficient (Wildman–Crippen LogP) is 7.62. The maximum atomic E-state index is 13.7. The molecule has 246 valence electrons. The van der Waals surface area contributed by atoms with Crippen molar-refractivity contribution in [2.24, 2.45) is 0 Å². The van der Waals surface area contributed by atoms with E-state index in [9.17, 15) is 17.2 Å². The van der Waals surface area contributed by atoms with Crippen LogP contribution in [0.1, 0.15) is 59.5 Å². The average Bonchev–Trinajstić information content (AvgIpc) is 3.96. The van der Waals surface area contributed by atoms with Gasteiger partial charge in [-0.1, -0.05) is 26.5 Å². The van der Waals surface area contributed by atoms with Crippen LogP contribution in [0.25, 0.3) is 44.8 Å². The molecule has 0 bridgehead atoms. The van der Waals surface area contributed by atoms with Gasteiger partial charge in [-0.15, -0.1) is 10.2 Å². The van der Waals surface area contributed by atoms with Crippen molar-refractivity contribution in [1.29, 1.82) is 0 Å². The lowest BCUT2D eigenvalue weighted by atomic mass is 10.3. The highest BCUT2D eigenvalue weighted by molar-refractivity contribution is 7.92. The molecule has 2 saturated carbocycles. The molecule has 2 aliphatic carbocycles. The summed E-state index contributed by atoms with van der Waals surface area (Å²) in [7, 11) is -3.45. The molecule has 1 N–H and O–H groups in total. The molecule has 0 saturated heterocycles. The molecule has 2 aliphatic rings. The van der Waals surface area contributed by atoms with Gasteiger partial charge in [0.2, 0.25) is 10.0 Å². The largest absolute Gasteiger partial charge is 0.321 e. The van der Waals surface area contributed by atoms with Crippen LogP contribution in [-0.2, 0) is 10.0 Å². The van der Waals surface area contributed by atoms with Gasteiger partial charge in [-0.05, 0) is 81.1 Å². The molecule has 11 nitrogen and oxygen atoms in total. The minimum atomic E-state index is -3.45. The van der Waals surface area contributed by atoms with Crippen LogP contribution in [0.15, 0.2) is 60.9 Å². The van der Waals surface area contributed by atoms with E-state index in [4.69, 9.17) is 11.6 Å². The van der Waals surface area contributed by atoms with Gasteiger partial charge in [0.25, 0.3) is 0 Å². The molecule has 0 amide bonds. The van der Waals surface area contributed by atoms with E-state index in [0.29, 0.717) is 28.1 Å². The number of halogens is 3. The highest BCUT2D eigenvalue weighted by atomic mass is 35.5. The fourth-order valence-corrected chi connectivity index (χ4v) is 5.90. The standard InChI is InChI=1S/C16H16FN5O2S.C14H10ClFN4.2CH4/c1-2-25(23,24)21-15-7-10(9-18-20-15)16-19-13-6-3-11(17)8-14(13)22(16)12-4-5-12;15-13-5-8(7-17-19-13)14-18-11-4-1-9(16)6-12(11)20(14)10-2-3-10;;/h3,6-9,12H,2,4-5H2,1H3,(H,20,21);1,4-7,10H,2-3H2;2*1H4. The minimum absolute atomic E-state index is 0. The number of rotatable bonds is 7. The second-order valence-corrected chi connectivity index (χ2v) is 13.3. The van der Waals surface area contributed by atoms with E-state index < -0.39 is 10.0 Å². The summed E-state index contributed by atoms with van der Waals surface area (Å²) in [6.45, 7) is 1.54. The summed E-state index contributed by atoms with van der Waals surface area (Å²) in [5.74, 6) is 0.917. The van der Waals surface area contributed by atoms with Gasteiger partial charge in [-0.2, -0.15) is 10.2 Å². The average molecular weight is 682 g/mol. The van der Waals surface area contributed by atoms with E-state index in [0.717, 1.165) is 53.6 Å². The van der Waals surface area contributed by atoms with Gasteiger partial charge in [-0.25, -0.2) is 27.2 Å². The van der Waals surface area contributed by atoms with Gasteiger partial charge >= 0.3 is 0 Å². The lowest BCUT2D eigenvalue weighted by Gasteiger charge is -2.09. The van der Waals surface area contributed by atoms with E-state index in [2.05, 4.69) is 39.7 Å². The molecule has 0 atom stereocenters. The molecular weight excluding hydrogens is 648 g/mol. The number of nitrogens with zero attached hydrogens (tertiary/aromatic N) is 8. The Morgan fingerprint density at radius 3 is 1.74 bits per heavy atom. The Bertz CT molecular complexity index is 2180. The van der Waals surface area contributed by atoms with Crippen molar-refractivity contribution in [2.45, 2.75) is 59.5 Å². The summed E-state index contributed by atoms with van der Waals surface area (Å²) in [6, 6.07) is 13.1. The number of nitrogens with one attached hydrogen (secondary N) is 1. The highest BCUT2D eigenvalue weighted by Crippen LogP contribution is 2.42. The first-order valence-corrected chi connectivity index (χ1v) is 16.4. The number of hydrogen-bond donors (Lipinski definition) is 1. The van der Waals surface area contributed by atoms with Gasteiger partial charge in [0, 0.05) is 23.2 Å². The van der Waals surface area contributed by atoms with Gasteiger partial charge in [0.1, 0.15) is 23.3 Å². The molecular formula is C32H34ClF2N9O2S.